The van der Waals surface area contributed by atoms with E-state index in [1.165, 1.54) is 11.1 Å². The molecule has 0 fully saturated rings. The van der Waals surface area contributed by atoms with Crippen LogP contribution >= 0.6 is 0 Å². The first kappa shape index (κ1) is 20.3. The van der Waals surface area contributed by atoms with Gasteiger partial charge in [-0.05, 0) is 54.8 Å². The molecule has 0 bridgehead atoms. The minimum atomic E-state index is -0.979. The number of aryl methyl sites for hydroxylation is 2. The zero-order valence-corrected chi connectivity index (χ0v) is 15.7. The number of ether oxygens (including phenoxy) is 2. The third-order valence-electron chi connectivity index (χ3n) is 4.08. The Morgan fingerprint density at radius 2 is 1.52 bits per heavy atom. The van der Waals surface area contributed by atoms with Crippen molar-refractivity contribution in [3.63, 3.8) is 0 Å². The van der Waals surface area contributed by atoms with Crippen molar-refractivity contribution in [2.45, 2.75) is 33.2 Å². The maximum absolute atomic E-state index is 11.5. The van der Waals surface area contributed by atoms with Crippen LogP contribution in [0.1, 0.15) is 29.5 Å². The quantitative estimate of drug-likeness (QED) is 0.626. The summed E-state index contributed by atoms with van der Waals surface area (Å²) in [4.78, 5) is 21.9. The number of amides is 1. The Labute approximate surface area is 159 Å². The number of hydrogen-bond acceptors (Lipinski definition) is 4. The third kappa shape index (κ3) is 7.40. The van der Waals surface area contributed by atoms with Gasteiger partial charge >= 0.3 is 5.97 Å². The number of rotatable bonds is 10. The molecule has 0 saturated heterocycles. The lowest BCUT2D eigenvalue weighted by Gasteiger charge is -2.10. The number of carboxylic acids is 1. The Kier molecular flexibility index (Phi) is 7.67. The van der Waals surface area contributed by atoms with Gasteiger partial charge in [0.15, 0.2) is 0 Å². The molecule has 2 aromatic carbocycles. The molecule has 2 N–H and O–H groups in total. The second-order valence-electron chi connectivity index (χ2n) is 6.26. The number of benzene rings is 2. The van der Waals surface area contributed by atoms with E-state index >= 15 is 0 Å². The Balaban J connectivity index is 1.68. The molecule has 1 amide bonds. The molecule has 0 atom stereocenters. The first-order valence-corrected chi connectivity index (χ1v) is 8.84. The van der Waals surface area contributed by atoms with Crippen LogP contribution in [0.4, 0.5) is 0 Å². The second kappa shape index (κ2) is 10.2. The number of carboxylic acid groups (broad SMARTS) is 1. The van der Waals surface area contributed by atoms with E-state index in [0.29, 0.717) is 19.8 Å². The third-order valence-corrected chi connectivity index (χ3v) is 4.08. The number of carbonyl (C=O) groups excluding carboxylic acids is 1. The van der Waals surface area contributed by atoms with E-state index in [-0.39, 0.29) is 18.7 Å². The van der Waals surface area contributed by atoms with Crippen LogP contribution in [0, 0.1) is 13.8 Å². The van der Waals surface area contributed by atoms with E-state index in [0.717, 1.165) is 17.1 Å². The highest BCUT2D eigenvalue weighted by Gasteiger charge is 2.05. The molecule has 6 heteroatoms. The summed E-state index contributed by atoms with van der Waals surface area (Å²) in [5.74, 6) is 0.296. The average Bonchev–Trinajstić information content (AvgIpc) is 2.65. The fraction of sp³-hybridized carbons (Fsp3) is 0.333. The molecule has 0 spiro atoms. The van der Waals surface area contributed by atoms with Crippen LogP contribution in [0.2, 0.25) is 0 Å². The lowest BCUT2D eigenvalue weighted by molar-refractivity contribution is -0.138. The van der Waals surface area contributed by atoms with Gasteiger partial charge in [-0.25, -0.2) is 0 Å². The van der Waals surface area contributed by atoms with E-state index in [9.17, 15) is 9.59 Å². The van der Waals surface area contributed by atoms with Gasteiger partial charge in [-0.3, -0.25) is 9.59 Å². The molecule has 0 aliphatic carbocycles. The van der Waals surface area contributed by atoms with Crippen LogP contribution in [0.25, 0.3) is 0 Å². The predicted molar refractivity (Wildman–Crippen MR) is 102 cm³/mol. The molecule has 2 aromatic rings. The highest BCUT2D eigenvalue weighted by Crippen LogP contribution is 2.16. The van der Waals surface area contributed by atoms with Gasteiger partial charge in [0.25, 0.3) is 0 Å². The van der Waals surface area contributed by atoms with E-state index in [2.05, 4.69) is 19.2 Å². The van der Waals surface area contributed by atoms with Crippen LogP contribution < -0.4 is 14.8 Å². The predicted octanol–water partition coefficient (Wildman–Crippen LogP) is 3.24. The number of aliphatic carboxylic acids is 1. The summed E-state index contributed by atoms with van der Waals surface area (Å²) in [7, 11) is 0. The van der Waals surface area contributed by atoms with E-state index in [4.69, 9.17) is 14.6 Å². The maximum atomic E-state index is 11.5. The van der Waals surface area contributed by atoms with Crippen molar-refractivity contribution in [1.29, 1.82) is 0 Å². The summed E-state index contributed by atoms with van der Waals surface area (Å²) in [5.41, 5.74) is 3.34. The smallest absolute Gasteiger partial charge is 0.303 e. The van der Waals surface area contributed by atoms with Crippen molar-refractivity contribution in [1.82, 2.24) is 5.32 Å². The van der Waals surface area contributed by atoms with Gasteiger partial charge in [0.2, 0.25) is 5.91 Å². The summed E-state index contributed by atoms with van der Waals surface area (Å²) in [5, 5.41) is 11.2. The van der Waals surface area contributed by atoms with Gasteiger partial charge in [-0.1, -0.05) is 18.2 Å². The van der Waals surface area contributed by atoms with Crippen LogP contribution in [0.5, 0.6) is 11.5 Å². The van der Waals surface area contributed by atoms with Crippen molar-refractivity contribution in [3.05, 3.63) is 59.2 Å². The fourth-order valence-corrected chi connectivity index (χ4v) is 2.34. The number of hydrogen-bond donors (Lipinski definition) is 2. The van der Waals surface area contributed by atoms with E-state index in [1.807, 2.05) is 42.5 Å². The molecular weight excluding hydrogens is 346 g/mol. The zero-order valence-electron chi connectivity index (χ0n) is 15.7. The summed E-state index contributed by atoms with van der Waals surface area (Å²) < 4.78 is 11.3. The zero-order chi connectivity index (χ0) is 19.6. The highest BCUT2D eigenvalue weighted by molar-refractivity contribution is 5.80. The first-order valence-electron chi connectivity index (χ1n) is 8.84. The van der Waals surface area contributed by atoms with E-state index in [1.54, 1.807) is 0 Å². The minimum Gasteiger partial charge on any atom is -0.490 e. The summed E-state index contributed by atoms with van der Waals surface area (Å²) in [6.45, 7) is 5.35. The fourth-order valence-electron chi connectivity index (χ4n) is 2.34. The summed E-state index contributed by atoms with van der Waals surface area (Å²) in [6.07, 6.45) is -0.181. The molecule has 6 nitrogen and oxygen atoms in total. The molecule has 0 aromatic heterocycles. The largest absolute Gasteiger partial charge is 0.490 e. The minimum absolute atomic E-state index is 0.0168. The van der Waals surface area contributed by atoms with Crippen LogP contribution in [0.3, 0.4) is 0 Å². The standard InChI is InChI=1S/C21H25NO5/c1-15-3-6-19(13-16(15)2)27-12-11-26-18-7-4-17(5-8-18)14-22-20(23)9-10-21(24)25/h3-8,13H,9-12,14H2,1-2H3,(H,22,23)(H,24,25). The molecule has 27 heavy (non-hydrogen) atoms. The lowest BCUT2D eigenvalue weighted by atomic mass is 10.1. The Morgan fingerprint density at radius 3 is 2.15 bits per heavy atom. The molecular formula is C21H25NO5. The monoisotopic (exact) mass is 371 g/mol. The summed E-state index contributed by atoms with van der Waals surface area (Å²) in [6, 6.07) is 13.4. The SMILES string of the molecule is Cc1ccc(OCCOc2ccc(CNC(=O)CCC(=O)O)cc2)cc1C. The summed E-state index contributed by atoms with van der Waals surface area (Å²) >= 11 is 0. The molecule has 0 radical (unpaired) electrons. The van der Waals surface area contributed by atoms with Crippen LogP contribution in [-0.4, -0.2) is 30.2 Å². The van der Waals surface area contributed by atoms with Crippen LogP contribution in [0.15, 0.2) is 42.5 Å². The average molecular weight is 371 g/mol. The van der Waals surface area contributed by atoms with Gasteiger partial charge in [-0.15, -0.1) is 0 Å². The molecule has 0 unspecified atom stereocenters. The molecule has 2 rings (SSSR count). The van der Waals surface area contributed by atoms with Crippen molar-refractivity contribution in [2.24, 2.45) is 0 Å². The van der Waals surface area contributed by atoms with Gasteiger partial charge in [0.05, 0.1) is 6.42 Å². The highest BCUT2D eigenvalue weighted by atomic mass is 16.5. The van der Waals surface area contributed by atoms with Gasteiger partial charge in [0, 0.05) is 13.0 Å². The lowest BCUT2D eigenvalue weighted by Crippen LogP contribution is -2.23. The molecule has 144 valence electrons. The van der Waals surface area contributed by atoms with Crippen molar-refractivity contribution in [3.8, 4) is 11.5 Å². The molecule has 0 aliphatic rings. The topological polar surface area (TPSA) is 84.9 Å². The second-order valence-corrected chi connectivity index (χ2v) is 6.26. The first-order chi connectivity index (χ1) is 12.9. The maximum Gasteiger partial charge on any atom is 0.303 e. The van der Waals surface area contributed by atoms with Crippen LogP contribution in [-0.2, 0) is 16.1 Å². The Bertz CT molecular complexity index is 771. The van der Waals surface area contributed by atoms with Gasteiger partial charge < -0.3 is 19.9 Å². The van der Waals surface area contributed by atoms with Crippen molar-refractivity contribution < 1.29 is 24.2 Å². The van der Waals surface area contributed by atoms with Gasteiger partial charge in [-0.2, -0.15) is 0 Å². The normalized spacial score (nSPS) is 10.3. The number of carbonyl (C=O) groups is 2. The van der Waals surface area contributed by atoms with Crippen molar-refractivity contribution >= 4 is 11.9 Å². The Hall–Kier alpha value is -3.02. The van der Waals surface area contributed by atoms with Gasteiger partial charge in [0.1, 0.15) is 24.7 Å². The van der Waals surface area contributed by atoms with E-state index < -0.39 is 5.97 Å². The number of nitrogens with one attached hydrogen (secondary N) is 1. The molecule has 0 aliphatic heterocycles. The molecule has 0 heterocycles. The van der Waals surface area contributed by atoms with Crippen molar-refractivity contribution in [2.75, 3.05) is 13.2 Å². The molecule has 0 saturated carbocycles. The Morgan fingerprint density at radius 1 is 0.889 bits per heavy atom.